The van der Waals surface area contributed by atoms with Crippen LogP contribution in [0, 0.1) is 18.3 Å². The molecule has 1 aromatic heterocycles. The third kappa shape index (κ3) is 4.67. The number of hydrogen-bond acceptors (Lipinski definition) is 7. The van der Waals surface area contributed by atoms with Gasteiger partial charge in [0.15, 0.2) is 0 Å². The molecule has 162 valence electrons. The zero-order chi connectivity index (χ0) is 22.0. The zero-order valence-corrected chi connectivity index (χ0v) is 18.1. The fraction of sp³-hybridized carbons (Fsp3) is 0.421. The van der Waals surface area contributed by atoms with Crippen LogP contribution in [-0.2, 0) is 26.5 Å². The summed E-state index contributed by atoms with van der Waals surface area (Å²) in [4.78, 5) is -0.0297. The predicted molar refractivity (Wildman–Crippen MR) is 112 cm³/mol. The first-order valence-corrected chi connectivity index (χ1v) is 12.4. The van der Waals surface area contributed by atoms with Gasteiger partial charge in [-0.05, 0) is 50.1 Å². The minimum atomic E-state index is -3.83. The number of primary sulfonamides is 1. The highest BCUT2D eigenvalue weighted by Crippen LogP contribution is 2.38. The highest BCUT2D eigenvalue weighted by molar-refractivity contribution is 7.90. The van der Waals surface area contributed by atoms with E-state index in [9.17, 15) is 22.1 Å². The molecule has 2 aromatic rings. The molecule has 0 bridgehead atoms. The lowest BCUT2D eigenvalue weighted by Gasteiger charge is -2.39. The van der Waals surface area contributed by atoms with Gasteiger partial charge in [0, 0.05) is 19.5 Å². The average Bonchev–Trinajstić information content (AvgIpc) is 3.04. The Morgan fingerprint density at radius 1 is 1.20 bits per heavy atom. The van der Waals surface area contributed by atoms with E-state index in [0.29, 0.717) is 25.0 Å². The van der Waals surface area contributed by atoms with Gasteiger partial charge in [-0.25, -0.2) is 26.7 Å². The molecule has 1 saturated carbocycles. The van der Waals surface area contributed by atoms with Gasteiger partial charge in [-0.3, -0.25) is 0 Å². The van der Waals surface area contributed by atoms with Crippen LogP contribution >= 0.6 is 0 Å². The molecule has 1 aliphatic carbocycles. The highest BCUT2D eigenvalue weighted by atomic mass is 32.2. The number of nitriles is 1. The minimum absolute atomic E-state index is 0.00921. The quantitative estimate of drug-likeness (QED) is 0.522. The lowest BCUT2D eigenvalue weighted by Crippen LogP contribution is -2.53. The van der Waals surface area contributed by atoms with E-state index in [2.05, 4.69) is 10.0 Å². The molecule has 1 aromatic carbocycles. The molecule has 1 heterocycles. The maximum atomic E-state index is 12.6. The van der Waals surface area contributed by atoms with Gasteiger partial charge in [-0.2, -0.15) is 5.26 Å². The van der Waals surface area contributed by atoms with Crippen molar-refractivity contribution in [1.82, 2.24) is 4.72 Å². The van der Waals surface area contributed by atoms with Crippen molar-refractivity contribution in [1.29, 1.82) is 5.26 Å². The van der Waals surface area contributed by atoms with Gasteiger partial charge in [0.05, 0.1) is 16.1 Å². The van der Waals surface area contributed by atoms with E-state index in [1.807, 2.05) is 13.0 Å². The molecule has 30 heavy (non-hydrogen) atoms. The molecule has 0 unspecified atom stereocenters. The van der Waals surface area contributed by atoms with E-state index in [0.717, 1.165) is 12.2 Å². The lowest BCUT2D eigenvalue weighted by molar-refractivity contribution is 0.351. The first kappa shape index (κ1) is 22.3. The second-order valence-electron chi connectivity index (χ2n) is 7.41. The maximum Gasteiger partial charge on any atom is 0.240 e. The monoisotopic (exact) mass is 452 g/mol. The minimum Gasteiger partial charge on any atom is -0.466 e. The third-order valence-corrected chi connectivity index (χ3v) is 8.57. The number of nitrogens with two attached hydrogens (primary N) is 1. The van der Waals surface area contributed by atoms with Crippen molar-refractivity contribution in [3.63, 3.8) is 0 Å². The molecule has 0 atom stereocenters. The SMILES string of the molecule is Cc1ccc(CCNS(=O)(=O)c2ccc(C#N)c(NCC3(S(N)(=O)=O)CCC3)c2)o1. The third-order valence-electron chi connectivity index (χ3n) is 5.35. The molecule has 4 N–H and O–H groups in total. The van der Waals surface area contributed by atoms with Crippen molar-refractivity contribution in [2.45, 2.75) is 42.2 Å². The standard InChI is InChI=1S/C19H24N4O5S2/c1-14-3-5-16(28-14)7-10-23-29(24,25)17-6-4-15(12-20)18(11-17)22-13-19(8-2-9-19)30(21,26)27/h3-6,11,22-23H,2,7-10,13H2,1H3,(H2,21,26,27). The molecule has 1 aliphatic rings. The van der Waals surface area contributed by atoms with Crippen LogP contribution in [0.15, 0.2) is 39.6 Å². The smallest absolute Gasteiger partial charge is 0.240 e. The average molecular weight is 453 g/mol. The Balaban J connectivity index is 1.73. The van der Waals surface area contributed by atoms with Crippen LogP contribution in [0.5, 0.6) is 0 Å². The highest BCUT2D eigenvalue weighted by Gasteiger charge is 2.47. The van der Waals surface area contributed by atoms with Crippen molar-refractivity contribution < 1.29 is 21.3 Å². The normalized spacial score (nSPS) is 15.9. The number of benzene rings is 1. The summed E-state index contributed by atoms with van der Waals surface area (Å²) in [6.07, 6.45) is 1.99. The Morgan fingerprint density at radius 2 is 1.93 bits per heavy atom. The van der Waals surface area contributed by atoms with Gasteiger partial charge in [0.25, 0.3) is 0 Å². The molecule has 3 rings (SSSR count). The van der Waals surface area contributed by atoms with Crippen LogP contribution < -0.4 is 15.2 Å². The van der Waals surface area contributed by atoms with E-state index in [4.69, 9.17) is 9.56 Å². The molecule has 9 nitrogen and oxygen atoms in total. The van der Waals surface area contributed by atoms with E-state index >= 15 is 0 Å². The van der Waals surface area contributed by atoms with Gasteiger partial charge in [0.1, 0.15) is 22.3 Å². The first-order chi connectivity index (χ1) is 14.1. The molecule has 0 saturated heterocycles. The molecule has 0 radical (unpaired) electrons. The number of nitrogens with one attached hydrogen (secondary N) is 2. The van der Waals surface area contributed by atoms with E-state index in [1.165, 1.54) is 18.2 Å². The summed E-state index contributed by atoms with van der Waals surface area (Å²) < 4.78 is 56.0. The van der Waals surface area contributed by atoms with Crippen LogP contribution in [-0.4, -0.2) is 34.7 Å². The number of sulfonamides is 2. The molecule has 0 spiro atoms. The molecular formula is C19H24N4O5S2. The predicted octanol–water partition coefficient (Wildman–Crippen LogP) is 1.60. The van der Waals surface area contributed by atoms with E-state index in [-0.39, 0.29) is 29.2 Å². The van der Waals surface area contributed by atoms with Gasteiger partial charge >= 0.3 is 0 Å². The van der Waals surface area contributed by atoms with Gasteiger partial charge in [0.2, 0.25) is 20.0 Å². The van der Waals surface area contributed by atoms with Crippen LogP contribution in [0.3, 0.4) is 0 Å². The van der Waals surface area contributed by atoms with Crippen molar-refractivity contribution in [3.8, 4) is 6.07 Å². The van der Waals surface area contributed by atoms with Crippen molar-refractivity contribution in [2.75, 3.05) is 18.4 Å². The number of anilines is 1. The van der Waals surface area contributed by atoms with Crippen molar-refractivity contribution in [3.05, 3.63) is 47.4 Å². The van der Waals surface area contributed by atoms with E-state index in [1.54, 1.807) is 12.1 Å². The summed E-state index contributed by atoms with van der Waals surface area (Å²) >= 11 is 0. The fourth-order valence-corrected chi connectivity index (χ4v) is 5.52. The molecule has 0 aliphatic heterocycles. The van der Waals surface area contributed by atoms with Crippen LogP contribution in [0.2, 0.25) is 0 Å². The lowest BCUT2D eigenvalue weighted by atomic mass is 9.84. The Morgan fingerprint density at radius 3 is 2.47 bits per heavy atom. The zero-order valence-electron chi connectivity index (χ0n) is 16.5. The van der Waals surface area contributed by atoms with Crippen LogP contribution in [0.25, 0.3) is 0 Å². The summed E-state index contributed by atoms with van der Waals surface area (Å²) in [6, 6.07) is 9.62. The Labute approximate surface area is 176 Å². The van der Waals surface area contributed by atoms with Crippen LogP contribution in [0.1, 0.15) is 36.3 Å². The number of nitrogens with zero attached hydrogens (tertiary/aromatic N) is 1. The molecule has 0 amide bonds. The van der Waals surface area contributed by atoms with Crippen LogP contribution in [0.4, 0.5) is 5.69 Å². The number of hydrogen-bond donors (Lipinski definition) is 3. The molecule has 1 fully saturated rings. The van der Waals surface area contributed by atoms with E-state index < -0.39 is 24.8 Å². The van der Waals surface area contributed by atoms with Gasteiger partial charge in [-0.15, -0.1) is 0 Å². The summed E-state index contributed by atoms with van der Waals surface area (Å²) in [5.74, 6) is 1.42. The Bertz CT molecular complexity index is 1180. The fourth-order valence-electron chi connectivity index (χ4n) is 3.33. The molecular weight excluding hydrogens is 428 g/mol. The first-order valence-electron chi connectivity index (χ1n) is 9.42. The Kier molecular flexibility index (Phi) is 6.24. The topological polar surface area (TPSA) is 155 Å². The van der Waals surface area contributed by atoms with Crippen molar-refractivity contribution >= 4 is 25.7 Å². The second-order valence-corrected chi connectivity index (χ2v) is 11.1. The Hall–Kier alpha value is -2.39. The molecule has 11 heteroatoms. The largest absolute Gasteiger partial charge is 0.466 e. The summed E-state index contributed by atoms with van der Waals surface area (Å²) in [6.45, 7) is 1.96. The number of rotatable bonds is 9. The van der Waals surface area contributed by atoms with Gasteiger partial charge in [-0.1, -0.05) is 6.42 Å². The number of aryl methyl sites for hydroxylation is 1. The summed E-state index contributed by atoms with van der Waals surface area (Å²) in [5.41, 5.74) is 0.459. The maximum absolute atomic E-state index is 12.6. The van der Waals surface area contributed by atoms with Gasteiger partial charge < -0.3 is 9.73 Å². The second kappa shape index (κ2) is 8.39. The number of furan rings is 1. The summed E-state index contributed by atoms with van der Waals surface area (Å²) in [7, 11) is -7.61. The summed E-state index contributed by atoms with van der Waals surface area (Å²) in [5, 5.41) is 17.6. The van der Waals surface area contributed by atoms with Crippen molar-refractivity contribution in [2.24, 2.45) is 5.14 Å².